The highest BCUT2D eigenvalue weighted by Gasteiger charge is 2.29. The smallest absolute Gasteiger partial charge is 0.286 e. The van der Waals surface area contributed by atoms with E-state index >= 15 is 0 Å². The maximum Gasteiger partial charge on any atom is 0.286 e. The molecule has 1 aliphatic heterocycles. The standard InChI is InChI=1S/C22H28N4O2S/c1-15-8-10-18(11-9-15)23-20(28)22-25-24-21(29-22)17-7-4-12-26(14-17)19(27)13-16-5-2-3-6-16/h8-11,16-17H,2-7,12-14H2,1H3,(H,23,28). The molecule has 1 unspecified atom stereocenters. The average Bonchev–Trinajstić information content (AvgIpc) is 3.42. The molecule has 0 bridgehead atoms. The van der Waals surface area contributed by atoms with E-state index in [9.17, 15) is 9.59 Å². The number of nitrogens with one attached hydrogen (secondary N) is 1. The molecular formula is C22H28N4O2S. The highest BCUT2D eigenvalue weighted by Crippen LogP contribution is 2.32. The summed E-state index contributed by atoms with van der Waals surface area (Å²) in [4.78, 5) is 27.2. The van der Waals surface area contributed by atoms with Gasteiger partial charge in [0.25, 0.3) is 5.91 Å². The minimum atomic E-state index is -0.234. The number of carbonyl (C=O) groups excluding carboxylic acids is 2. The number of benzene rings is 1. The molecular weight excluding hydrogens is 384 g/mol. The third kappa shape index (κ3) is 5.01. The molecule has 2 aliphatic rings. The van der Waals surface area contributed by atoms with Crippen molar-refractivity contribution in [2.24, 2.45) is 5.92 Å². The van der Waals surface area contributed by atoms with Gasteiger partial charge in [0.15, 0.2) is 0 Å². The van der Waals surface area contributed by atoms with Crippen LogP contribution in [0.15, 0.2) is 24.3 Å². The highest BCUT2D eigenvalue weighted by atomic mass is 32.1. The number of likely N-dealkylation sites (tertiary alicyclic amines) is 1. The van der Waals surface area contributed by atoms with Crippen molar-refractivity contribution in [1.29, 1.82) is 0 Å². The van der Waals surface area contributed by atoms with E-state index in [0.29, 0.717) is 23.9 Å². The Morgan fingerprint density at radius 2 is 1.86 bits per heavy atom. The molecule has 6 nitrogen and oxygen atoms in total. The average molecular weight is 413 g/mol. The van der Waals surface area contributed by atoms with Crippen LogP contribution < -0.4 is 5.32 Å². The fourth-order valence-electron chi connectivity index (χ4n) is 4.31. The molecule has 4 rings (SSSR count). The summed E-state index contributed by atoms with van der Waals surface area (Å²) in [6.07, 6.45) is 7.56. The van der Waals surface area contributed by atoms with Crippen molar-refractivity contribution in [2.45, 2.75) is 57.8 Å². The molecule has 1 aromatic carbocycles. The van der Waals surface area contributed by atoms with Gasteiger partial charge in [-0.1, -0.05) is 41.9 Å². The predicted molar refractivity (Wildman–Crippen MR) is 114 cm³/mol. The number of rotatable bonds is 5. The van der Waals surface area contributed by atoms with Gasteiger partial charge in [0.2, 0.25) is 10.9 Å². The SMILES string of the molecule is Cc1ccc(NC(=O)c2nnc(C3CCCN(C(=O)CC4CCCC4)C3)s2)cc1. The van der Waals surface area contributed by atoms with E-state index in [1.165, 1.54) is 37.0 Å². The van der Waals surface area contributed by atoms with Gasteiger partial charge >= 0.3 is 0 Å². The van der Waals surface area contributed by atoms with Gasteiger partial charge in [-0.25, -0.2) is 0 Å². The number of aromatic nitrogens is 2. The molecule has 1 aliphatic carbocycles. The Labute approximate surface area is 175 Å². The first kappa shape index (κ1) is 20.0. The lowest BCUT2D eigenvalue weighted by Crippen LogP contribution is -2.39. The van der Waals surface area contributed by atoms with E-state index in [-0.39, 0.29) is 17.7 Å². The number of piperidine rings is 1. The van der Waals surface area contributed by atoms with E-state index in [2.05, 4.69) is 15.5 Å². The van der Waals surface area contributed by atoms with Gasteiger partial charge in [0.05, 0.1) is 0 Å². The fourth-order valence-corrected chi connectivity index (χ4v) is 5.17. The van der Waals surface area contributed by atoms with Crippen molar-refractivity contribution < 1.29 is 9.59 Å². The van der Waals surface area contributed by atoms with Crippen LogP contribution >= 0.6 is 11.3 Å². The van der Waals surface area contributed by atoms with Crippen LogP contribution in [0.25, 0.3) is 0 Å². The Hall–Kier alpha value is -2.28. The van der Waals surface area contributed by atoms with Crippen molar-refractivity contribution in [3.63, 3.8) is 0 Å². The Bertz CT molecular complexity index is 858. The first-order valence-electron chi connectivity index (χ1n) is 10.6. The number of amides is 2. The molecule has 1 atom stereocenters. The summed E-state index contributed by atoms with van der Waals surface area (Å²) >= 11 is 1.34. The number of hydrogen-bond donors (Lipinski definition) is 1. The Kier molecular flexibility index (Phi) is 6.23. The lowest BCUT2D eigenvalue weighted by molar-refractivity contribution is -0.133. The van der Waals surface area contributed by atoms with E-state index in [4.69, 9.17) is 0 Å². The minimum absolute atomic E-state index is 0.176. The summed E-state index contributed by atoms with van der Waals surface area (Å²) in [5, 5.41) is 12.5. The third-order valence-corrected chi connectivity index (χ3v) is 7.09. The first-order chi connectivity index (χ1) is 14.1. The van der Waals surface area contributed by atoms with E-state index < -0.39 is 0 Å². The van der Waals surface area contributed by atoms with Crippen molar-refractivity contribution in [1.82, 2.24) is 15.1 Å². The van der Waals surface area contributed by atoms with Crippen LogP contribution in [0.2, 0.25) is 0 Å². The van der Waals surface area contributed by atoms with Gasteiger partial charge in [-0.2, -0.15) is 0 Å². The maximum absolute atomic E-state index is 12.7. The van der Waals surface area contributed by atoms with Crippen molar-refractivity contribution in [2.75, 3.05) is 18.4 Å². The molecule has 1 saturated heterocycles. The van der Waals surface area contributed by atoms with Crippen LogP contribution in [0.5, 0.6) is 0 Å². The van der Waals surface area contributed by atoms with E-state index in [1.54, 1.807) is 0 Å². The highest BCUT2D eigenvalue weighted by molar-refractivity contribution is 7.13. The second-order valence-electron chi connectivity index (χ2n) is 8.30. The molecule has 1 N–H and O–H groups in total. The monoisotopic (exact) mass is 412 g/mol. The lowest BCUT2D eigenvalue weighted by atomic mass is 9.97. The molecule has 2 aromatic rings. The second kappa shape index (κ2) is 9.03. The van der Waals surface area contributed by atoms with Gasteiger partial charge in [0, 0.05) is 31.1 Å². The zero-order valence-electron chi connectivity index (χ0n) is 16.9. The lowest BCUT2D eigenvalue weighted by Gasteiger charge is -2.32. The van der Waals surface area contributed by atoms with Gasteiger partial charge in [-0.05, 0) is 50.7 Å². The normalized spacial score (nSPS) is 20.0. The number of carbonyl (C=O) groups is 2. The topological polar surface area (TPSA) is 75.2 Å². The van der Waals surface area contributed by atoms with Crippen LogP contribution in [0.4, 0.5) is 5.69 Å². The molecule has 1 saturated carbocycles. The Balaban J connectivity index is 1.36. The first-order valence-corrected chi connectivity index (χ1v) is 11.4. The predicted octanol–water partition coefficient (Wildman–Crippen LogP) is 4.39. The molecule has 2 heterocycles. The maximum atomic E-state index is 12.7. The minimum Gasteiger partial charge on any atom is -0.342 e. The summed E-state index contributed by atoms with van der Waals surface area (Å²) in [5.41, 5.74) is 1.89. The summed E-state index contributed by atoms with van der Waals surface area (Å²) in [6, 6.07) is 7.68. The van der Waals surface area contributed by atoms with Crippen LogP contribution in [-0.4, -0.2) is 40.0 Å². The summed E-state index contributed by atoms with van der Waals surface area (Å²) < 4.78 is 0. The Morgan fingerprint density at radius 3 is 2.62 bits per heavy atom. The molecule has 0 spiro atoms. The molecule has 29 heavy (non-hydrogen) atoms. The zero-order valence-corrected chi connectivity index (χ0v) is 17.7. The van der Waals surface area contributed by atoms with E-state index in [1.807, 2.05) is 36.1 Å². The summed E-state index contributed by atoms with van der Waals surface area (Å²) in [5.74, 6) is 0.794. The molecule has 2 fully saturated rings. The van der Waals surface area contributed by atoms with E-state index in [0.717, 1.165) is 35.6 Å². The number of aryl methyl sites for hydroxylation is 1. The van der Waals surface area contributed by atoms with Gasteiger partial charge in [0.1, 0.15) is 5.01 Å². The quantitative estimate of drug-likeness (QED) is 0.790. The van der Waals surface area contributed by atoms with Gasteiger partial charge < -0.3 is 10.2 Å². The van der Waals surface area contributed by atoms with Crippen molar-refractivity contribution >= 4 is 28.8 Å². The molecule has 2 amide bonds. The van der Waals surface area contributed by atoms with Crippen LogP contribution in [-0.2, 0) is 4.79 Å². The van der Waals surface area contributed by atoms with Crippen LogP contribution in [0.3, 0.4) is 0 Å². The Morgan fingerprint density at radius 1 is 1.10 bits per heavy atom. The fraction of sp³-hybridized carbons (Fsp3) is 0.545. The van der Waals surface area contributed by atoms with Crippen LogP contribution in [0.1, 0.15) is 71.2 Å². The number of hydrogen-bond acceptors (Lipinski definition) is 5. The van der Waals surface area contributed by atoms with Gasteiger partial charge in [-0.15, -0.1) is 10.2 Å². The molecule has 154 valence electrons. The molecule has 7 heteroatoms. The molecule has 1 aromatic heterocycles. The van der Waals surface area contributed by atoms with Crippen LogP contribution in [0, 0.1) is 12.8 Å². The number of nitrogens with zero attached hydrogens (tertiary/aromatic N) is 3. The van der Waals surface area contributed by atoms with Crippen molar-refractivity contribution in [3.8, 4) is 0 Å². The second-order valence-corrected chi connectivity index (χ2v) is 9.31. The summed E-state index contributed by atoms with van der Waals surface area (Å²) in [6.45, 7) is 3.54. The van der Waals surface area contributed by atoms with Gasteiger partial charge in [-0.3, -0.25) is 9.59 Å². The zero-order chi connectivity index (χ0) is 20.2. The number of anilines is 1. The van der Waals surface area contributed by atoms with Crippen molar-refractivity contribution in [3.05, 3.63) is 39.8 Å². The molecule has 0 radical (unpaired) electrons. The summed E-state index contributed by atoms with van der Waals surface area (Å²) in [7, 11) is 0. The third-order valence-electron chi connectivity index (χ3n) is 6.01. The largest absolute Gasteiger partial charge is 0.342 e.